The molecular weight excluding hydrogens is 328 g/mol. The lowest BCUT2D eigenvalue weighted by Crippen LogP contribution is -2.56. The van der Waals surface area contributed by atoms with Gasteiger partial charge in [-0.05, 0) is 44.9 Å². The standard InChI is InChI=1S/C14H21ClN2O2S2/c1-11-9-16-8-2-3-12(16)10-17(11)21(18,19)14-5-4-13(20-14)6-7-15/h4-5,11-12H,2-3,6-10H2,1H3. The normalized spacial score (nSPS) is 27.9. The third-order valence-corrected chi connectivity index (χ3v) is 8.20. The minimum absolute atomic E-state index is 0.0444. The molecule has 0 bridgehead atoms. The topological polar surface area (TPSA) is 40.6 Å². The Morgan fingerprint density at radius 1 is 1.38 bits per heavy atom. The lowest BCUT2D eigenvalue weighted by atomic mass is 10.1. The Labute approximate surface area is 135 Å². The molecule has 2 unspecified atom stereocenters. The molecule has 0 N–H and O–H groups in total. The van der Waals surface area contributed by atoms with Crippen molar-refractivity contribution in [3.05, 3.63) is 17.0 Å². The first-order chi connectivity index (χ1) is 10.0. The molecule has 2 atom stereocenters. The summed E-state index contributed by atoms with van der Waals surface area (Å²) in [6, 6.07) is 4.06. The number of hydrogen-bond donors (Lipinski definition) is 0. The van der Waals surface area contributed by atoms with Crippen molar-refractivity contribution < 1.29 is 8.42 Å². The van der Waals surface area contributed by atoms with Crippen LogP contribution in [0.1, 0.15) is 24.6 Å². The van der Waals surface area contributed by atoms with Gasteiger partial charge in [-0.1, -0.05) is 0 Å². The van der Waals surface area contributed by atoms with Gasteiger partial charge in [0.1, 0.15) is 4.21 Å². The van der Waals surface area contributed by atoms with Crippen LogP contribution in [-0.2, 0) is 16.4 Å². The van der Waals surface area contributed by atoms with Crippen LogP contribution in [0.4, 0.5) is 0 Å². The quantitative estimate of drug-likeness (QED) is 0.784. The second-order valence-electron chi connectivity index (χ2n) is 5.87. The first-order valence-electron chi connectivity index (χ1n) is 7.43. The number of fused-ring (bicyclic) bond motifs is 1. The predicted octanol–water partition coefficient (Wildman–Crippen LogP) is 2.39. The fourth-order valence-corrected chi connectivity index (χ4v) is 6.80. The second-order valence-corrected chi connectivity index (χ2v) is 9.54. The summed E-state index contributed by atoms with van der Waals surface area (Å²) in [6.07, 6.45) is 3.03. The van der Waals surface area contributed by atoms with Crippen molar-refractivity contribution >= 4 is 33.0 Å². The highest BCUT2D eigenvalue weighted by atomic mass is 35.5. The molecule has 7 heteroatoms. The minimum atomic E-state index is -3.37. The van der Waals surface area contributed by atoms with Gasteiger partial charge in [0.05, 0.1) is 0 Å². The van der Waals surface area contributed by atoms with E-state index in [-0.39, 0.29) is 6.04 Å². The number of piperazine rings is 1. The number of halogens is 1. The number of alkyl halides is 1. The van der Waals surface area contributed by atoms with Crippen molar-refractivity contribution in [2.75, 3.05) is 25.5 Å². The van der Waals surface area contributed by atoms with Crippen LogP contribution >= 0.6 is 22.9 Å². The number of hydrogen-bond acceptors (Lipinski definition) is 4. The van der Waals surface area contributed by atoms with Gasteiger partial charge >= 0.3 is 0 Å². The summed E-state index contributed by atoms with van der Waals surface area (Å²) in [5.41, 5.74) is 0. The van der Waals surface area contributed by atoms with Crippen LogP contribution in [-0.4, -0.2) is 55.2 Å². The van der Waals surface area contributed by atoms with Crippen LogP contribution in [0.15, 0.2) is 16.3 Å². The van der Waals surface area contributed by atoms with Gasteiger partial charge in [-0.2, -0.15) is 4.31 Å². The lowest BCUT2D eigenvalue weighted by molar-refractivity contribution is 0.117. The number of thiophene rings is 1. The number of sulfonamides is 1. The summed E-state index contributed by atoms with van der Waals surface area (Å²) in [5.74, 6) is 0.525. The molecule has 0 saturated carbocycles. The van der Waals surface area contributed by atoms with E-state index in [1.165, 1.54) is 17.8 Å². The predicted molar refractivity (Wildman–Crippen MR) is 86.7 cm³/mol. The molecule has 3 rings (SSSR count). The first-order valence-corrected chi connectivity index (χ1v) is 10.2. The maximum Gasteiger partial charge on any atom is 0.252 e. The zero-order chi connectivity index (χ0) is 15.0. The summed E-state index contributed by atoms with van der Waals surface area (Å²) in [5, 5.41) is 0. The smallest absolute Gasteiger partial charge is 0.252 e. The molecule has 0 radical (unpaired) electrons. The second kappa shape index (κ2) is 6.16. The van der Waals surface area contributed by atoms with Crippen LogP contribution in [0, 0.1) is 0 Å². The average Bonchev–Trinajstić information content (AvgIpc) is 3.06. The lowest BCUT2D eigenvalue weighted by Gasteiger charge is -2.41. The SMILES string of the molecule is CC1CN2CCCC2CN1S(=O)(=O)c1ccc(CCCl)s1. The van der Waals surface area contributed by atoms with Crippen molar-refractivity contribution in [3.63, 3.8) is 0 Å². The first kappa shape index (κ1) is 15.7. The number of rotatable bonds is 4. The summed E-state index contributed by atoms with van der Waals surface area (Å²) in [4.78, 5) is 3.47. The van der Waals surface area contributed by atoms with E-state index >= 15 is 0 Å². The van der Waals surface area contributed by atoms with Crippen molar-refractivity contribution in [2.45, 2.75) is 42.5 Å². The molecule has 0 aliphatic carbocycles. The Balaban J connectivity index is 1.82. The van der Waals surface area contributed by atoms with Crippen LogP contribution in [0.2, 0.25) is 0 Å². The molecule has 0 spiro atoms. The Hall–Kier alpha value is -0.140. The largest absolute Gasteiger partial charge is 0.297 e. The Morgan fingerprint density at radius 3 is 2.95 bits per heavy atom. The van der Waals surface area contributed by atoms with E-state index in [0.29, 0.717) is 22.7 Å². The molecule has 0 amide bonds. The van der Waals surface area contributed by atoms with Crippen LogP contribution in [0.5, 0.6) is 0 Å². The van der Waals surface area contributed by atoms with Crippen LogP contribution in [0.25, 0.3) is 0 Å². The molecular formula is C14H21ClN2O2S2. The third kappa shape index (κ3) is 3.01. The highest BCUT2D eigenvalue weighted by molar-refractivity contribution is 7.91. The van der Waals surface area contributed by atoms with Crippen molar-refractivity contribution in [3.8, 4) is 0 Å². The van der Waals surface area contributed by atoms with Gasteiger partial charge in [-0.15, -0.1) is 22.9 Å². The molecule has 3 heterocycles. The van der Waals surface area contributed by atoms with Crippen molar-refractivity contribution in [2.24, 2.45) is 0 Å². The average molecular weight is 349 g/mol. The van der Waals surface area contributed by atoms with E-state index in [9.17, 15) is 8.42 Å². The highest BCUT2D eigenvalue weighted by Crippen LogP contribution is 2.31. The molecule has 0 aromatic carbocycles. The monoisotopic (exact) mass is 348 g/mol. The molecule has 1 aromatic rings. The summed E-state index contributed by atoms with van der Waals surface area (Å²) >= 11 is 7.09. The van der Waals surface area contributed by atoms with Gasteiger partial charge in [0, 0.05) is 35.9 Å². The summed E-state index contributed by atoms with van der Waals surface area (Å²) < 4.78 is 27.9. The van der Waals surface area contributed by atoms with Crippen molar-refractivity contribution in [1.82, 2.24) is 9.21 Å². The molecule has 4 nitrogen and oxygen atoms in total. The highest BCUT2D eigenvalue weighted by Gasteiger charge is 2.40. The van der Waals surface area contributed by atoms with Crippen LogP contribution in [0.3, 0.4) is 0 Å². The number of aryl methyl sites for hydroxylation is 1. The van der Waals surface area contributed by atoms with Crippen LogP contribution < -0.4 is 0 Å². The van der Waals surface area contributed by atoms with Gasteiger partial charge in [-0.3, -0.25) is 4.90 Å². The Morgan fingerprint density at radius 2 is 2.19 bits per heavy atom. The fraction of sp³-hybridized carbons (Fsp3) is 0.714. The summed E-state index contributed by atoms with van der Waals surface area (Å²) in [7, 11) is -3.37. The molecule has 2 aliphatic heterocycles. The number of nitrogens with zero attached hydrogens (tertiary/aromatic N) is 2. The van der Waals surface area contributed by atoms with E-state index in [4.69, 9.17) is 11.6 Å². The van der Waals surface area contributed by atoms with E-state index in [2.05, 4.69) is 4.90 Å². The summed E-state index contributed by atoms with van der Waals surface area (Å²) in [6.45, 7) is 4.61. The Bertz CT molecular complexity index is 602. The molecule has 118 valence electrons. The minimum Gasteiger partial charge on any atom is -0.297 e. The van der Waals surface area contributed by atoms with E-state index in [1.54, 1.807) is 10.4 Å². The van der Waals surface area contributed by atoms with E-state index in [1.807, 2.05) is 13.0 Å². The maximum atomic E-state index is 12.9. The van der Waals surface area contributed by atoms with Gasteiger partial charge < -0.3 is 0 Å². The molecule has 1 aromatic heterocycles. The molecule has 2 saturated heterocycles. The van der Waals surface area contributed by atoms with Gasteiger partial charge in [-0.25, -0.2) is 8.42 Å². The van der Waals surface area contributed by atoms with Gasteiger partial charge in [0.2, 0.25) is 0 Å². The fourth-order valence-electron chi connectivity index (χ4n) is 3.34. The van der Waals surface area contributed by atoms with E-state index in [0.717, 1.165) is 30.8 Å². The zero-order valence-electron chi connectivity index (χ0n) is 12.2. The molecule has 21 heavy (non-hydrogen) atoms. The zero-order valence-corrected chi connectivity index (χ0v) is 14.6. The van der Waals surface area contributed by atoms with Gasteiger partial charge in [0.15, 0.2) is 0 Å². The molecule has 2 fully saturated rings. The van der Waals surface area contributed by atoms with Gasteiger partial charge in [0.25, 0.3) is 10.0 Å². The third-order valence-electron chi connectivity index (χ3n) is 4.42. The Kier molecular flexibility index (Phi) is 4.62. The van der Waals surface area contributed by atoms with E-state index < -0.39 is 10.0 Å². The van der Waals surface area contributed by atoms with Crippen molar-refractivity contribution in [1.29, 1.82) is 0 Å². The maximum absolute atomic E-state index is 12.9. The molecule has 2 aliphatic rings.